The summed E-state index contributed by atoms with van der Waals surface area (Å²) < 4.78 is 0. The third-order valence-electron chi connectivity index (χ3n) is 2.51. The Hall–Kier alpha value is -1.39. The first-order chi connectivity index (χ1) is 8.25. The summed E-state index contributed by atoms with van der Waals surface area (Å²) in [7, 11) is 0. The Bertz CT molecular complexity index is 412. The molecule has 0 saturated carbocycles. The van der Waals surface area contributed by atoms with Crippen LogP contribution in [0.4, 0.5) is 0 Å². The lowest BCUT2D eigenvalue weighted by Gasteiger charge is -2.12. The van der Waals surface area contributed by atoms with Gasteiger partial charge >= 0.3 is 0 Å². The average molecular weight is 254 g/mol. The van der Waals surface area contributed by atoms with E-state index in [2.05, 4.69) is 0 Å². The van der Waals surface area contributed by atoms with Crippen molar-refractivity contribution in [3.63, 3.8) is 0 Å². The molecule has 1 heterocycles. The highest BCUT2D eigenvalue weighted by atomic mass is 35.5. The topological polar surface area (TPSA) is 46.6 Å². The Morgan fingerprint density at radius 2 is 1.65 bits per heavy atom. The zero-order valence-electron chi connectivity index (χ0n) is 9.19. The Morgan fingerprint density at radius 1 is 1.06 bits per heavy atom. The number of carbonyl (C=O) groups is 2. The second-order valence-corrected chi connectivity index (χ2v) is 4.06. The van der Waals surface area contributed by atoms with E-state index in [0.717, 1.165) is 17.9 Å². The number of alkyl halides is 1. The molecule has 0 spiro atoms. The van der Waals surface area contributed by atoms with Gasteiger partial charge in [0.05, 0.1) is 17.7 Å². The molecule has 5 heteroatoms. The molecule has 1 aliphatic rings. The monoisotopic (exact) mass is 253 g/mol. The van der Waals surface area contributed by atoms with Gasteiger partial charge in [-0.05, 0) is 25.0 Å². The van der Waals surface area contributed by atoms with Crippen molar-refractivity contribution < 1.29 is 14.4 Å². The molecule has 0 N–H and O–H groups in total. The molecule has 0 aliphatic carbocycles. The van der Waals surface area contributed by atoms with Crippen LogP contribution in [0.5, 0.6) is 0 Å². The van der Waals surface area contributed by atoms with E-state index in [-0.39, 0.29) is 0 Å². The number of hydrogen-bond acceptors (Lipinski definition) is 3. The van der Waals surface area contributed by atoms with Crippen LogP contribution in [-0.4, -0.2) is 29.4 Å². The molecule has 0 saturated heterocycles. The first kappa shape index (κ1) is 12.1. The summed E-state index contributed by atoms with van der Waals surface area (Å²) in [6, 6.07) is 6.69. The quantitative estimate of drug-likeness (QED) is 0.459. The third kappa shape index (κ3) is 2.33. The van der Waals surface area contributed by atoms with Crippen molar-refractivity contribution in [2.24, 2.45) is 0 Å². The van der Waals surface area contributed by atoms with Gasteiger partial charge in [0.1, 0.15) is 0 Å². The number of halogens is 1. The Morgan fingerprint density at radius 3 is 2.18 bits per heavy atom. The second-order valence-electron chi connectivity index (χ2n) is 3.68. The van der Waals surface area contributed by atoms with Gasteiger partial charge in [-0.15, -0.1) is 16.7 Å². The van der Waals surface area contributed by atoms with E-state index in [1.54, 1.807) is 24.3 Å². The number of rotatable bonds is 5. The zero-order valence-corrected chi connectivity index (χ0v) is 9.94. The first-order valence-electron chi connectivity index (χ1n) is 5.42. The van der Waals surface area contributed by atoms with Crippen LogP contribution in [0.2, 0.25) is 0 Å². The fourth-order valence-electron chi connectivity index (χ4n) is 1.64. The van der Waals surface area contributed by atoms with Gasteiger partial charge in [0.15, 0.2) is 0 Å². The van der Waals surface area contributed by atoms with Gasteiger partial charge < -0.3 is 0 Å². The third-order valence-corrected chi connectivity index (χ3v) is 2.77. The van der Waals surface area contributed by atoms with Crippen molar-refractivity contribution >= 4 is 23.4 Å². The van der Waals surface area contributed by atoms with E-state index in [1.807, 2.05) is 0 Å². The van der Waals surface area contributed by atoms with Crippen LogP contribution in [-0.2, 0) is 4.84 Å². The van der Waals surface area contributed by atoms with Gasteiger partial charge in [-0.3, -0.25) is 14.4 Å². The highest BCUT2D eigenvalue weighted by molar-refractivity contribution is 6.20. The van der Waals surface area contributed by atoms with Gasteiger partial charge in [0.25, 0.3) is 11.8 Å². The minimum atomic E-state index is -0.392. The van der Waals surface area contributed by atoms with E-state index in [0.29, 0.717) is 23.6 Å². The molecule has 2 rings (SSSR count). The lowest BCUT2D eigenvalue weighted by Crippen LogP contribution is -2.30. The fraction of sp³-hybridized carbons (Fsp3) is 0.333. The number of hydroxylamine groups is 2. The molecule has 1 aliphatic heterocycles. The van der Waals surface area contributed by atoms with Crippen molar-refractivity contribution in [3.05, 3.63) is 35.4 Å². The molecular formula is C12H12ClNO3. The highest BCUT2D eigenvalue weighted by Crippen LogP contribution is 2.22. The predicted molar refractivity (Wildman–Crippen MR) is 62.8 cm³/mol. The summed E-state index contributed by atoms with van der Waals surface area (Å²) >= 11 is 5.52. The number of hydrogen-bond donors (Lipinski definition) is 0. The summed E-state index contributed by atoms with van der Waals surface area (Å²) in [4.78, 5) is 28.8. The van der Waals surface area contributed by atoms with Crippen LogP contribution in [0.1, 0.15) is 33.6 Å². The lowest BCUT2D eigenvalue weighted by molar-refractivity contribution is -0.0919. The van der Waals surface area contributed by atoms with Crippen molar-refractivity contribution in [1.82, 2.24) is 5.06 Å². The van der Waals surface area contributed by atoms with Crippen LogP contribution in [0.25, 0.3) is 0 Å². The van der Waals surface area contributed by atoms with Crippen LogP contribution in [0, 0.1) is 0 Å². The van der Waals surface area contributed by atoms with Crippen molar-refractivity contribution in [2.75, 3.05) is 12.5 Å². The number of amides is 2. The number of fused-ring (bicyclic) bond motifs is 1. The van der Waals surface area contributed by atoms with Gasteiger partial charge in [-0.2, -0.15) is 0 Å². The molecule has 0 aromatic heterocycles. The van der Waals surface area contributed by atoms with E-state index in [4.69, 9.17) is 16.4 Å². The molecule has 0 unspecified atom stereocenters. The normalized spacial score (nSPS) is 14.3. The number of unbranched alkanes of at least 4 members (excludes halogenated alkanes) is 1. The lowest BCUT2D eigenvalue weighted by atomic mass is 10.1. The SMILES string of the molecule is O=C1c2ccccc2C(=O)N1OCCCCCl. The summed E-state index contributed by atoms with van der Waals surface area (Å²) in [5.74, 6) is -0.237. The Labute approximate surface area is 104 Å². The maximum Gasteiger partial charge on any atom is 0.285 e. The second kappa shape index (κ2) is 5.29. The molecule has 1 aromatic rings. The molecule has 0 bridgehead atoms. The summed E-state index contributed by atoms with van der Waals surface area (Å²) in [5.41, 5.74) is 0.796. The minimum absolute atomic E-state index is 0.318. The predicted octanol–water partition coefficient (Wildman–Crippen LogP) is 2.23. The standard InChI is InChI=1S/C12H12ClNO3/c13-7-3-4-8-17-14-11(15)9-5-1-2-6-10(9)12(14)16/h1-2,5-6H,3-4,7-8H2. The van der Waals surface area contributed by atoms with Gasteiger partial charge in [0.2, 0.25) is 0 Å². The smallest absolute Gasteiger partial charge is 0.266 e. The molecular weight excluding hydrogens is 242 g/mol. The molecule has 2 amide bonds. The largest absolute Gasteiger partial charge is 0.285 e. The molecule has 0 atom stereocenters. The van der Waals surface area contributed by atoms with E-state index < -0.39 is 11.8 Å². The van der Waals surface area contributed by atoms with Crippen LogP contribution in [0.3, 0.4) is 0 Å². The molecule has 90 valence electrons. The molecule has 17 heavy (non-hydrogen) atoms. The van der Waals surface area contributed by atoms with Gasteiger partial charge in [-0.25, -0.2) is 0 Å². The Balaban J connectivity index is 2.03. The molecule has 0 fully saturated rings. The fourth-order valence-corrected chi connectivity index (χ4v) is 1.83. The van der Waals surface area contributed by atoms with Crippen LogP contribution >= 0.6 is 11.6 Å². The maximum atomic E-state index is 11.8. The Kier molecular flexibility index (Phi) is 3.76. The van der Waals surface area contributed by atoms with Crippen LogP contribution in [0.15, 0.2) is 24.3 Å². The highest BCUT2D eigenvalue weighted by Gasteiger charge is 2.36. The zero-order chi connectivity index (χ0) is 12.3. The molecule has 1 aromatic carbocycles. The summed E-state index contributed by atoms with van der Waals surface area (Å²) in [6.45, 7) is 0.318. The maximum absolute atomic E-state index is 11.8. The number of carbonyl (C=O) groups excluding carboxylic acids is 2. The summed E-state index contributed by atoms with van der Waals surface area (Å²) in [6.07, 6.45) is 1.52. The molecule has 4 nitrogen and oxygen atoms in total. The van der Waals surface area contributed by atoms with Crippen LogP contribution < -0.4 is 0 Å². The number of benzene rings is 1. The number of nitrogens with zero attached hydrogens (tertiary/aromatic N) is 1. The summed E-state index contributed by atoms with van der Waals surface area (Å²) in [5, 5.41) is 0.832. The van der Waals surface area contributed by atoms with Gasteiger partial charge in [-0.1, -0.05) is 12.1 Å². The van der Waals surface area contributed by atoms with E-state index in [9.17, 15) is 9.59 Å². The average Bonchev–Trinajstić information content (AvgIpc) is 2.60. The van der Waals surface area contributed by atoms with Crippen molar-refractivity contribution in [1.29, 1.82) is 0 Å². The minimum Gasteiger partial charge on any atom is -0.266 e. The van der Waals surface area contributed by atoms with Crippen molar-refractivity contribution in [2.45, 2.75) is 12.8 Å². The van der Waals surface area contributed by atoms with Gasteiger partial charge in [0, 0.05) is 5.88 Å². The van der Waals surface area contributed by atoms with E-state index in [1.165, 1.54) is 0 Å². The number of imide groups is 1. The van der Waals surface area contributed by atoms with E-state index >= 15 is 0 Å². The molecule has 0 radical (unpaired) electrons. The first-order valence-corrected chi connectivity index (χ1v) is 5.96. The van der Waals surface area contributed by atoms with Crippen molar-refractivity contribution in [3.8, 4) is 0 Å².